The van der Waals surface area contributed by atoms with Gasteiger partial charge in [-0.1, -0.05) is 122 Å². The summed E-state index contributed by atoms with van der Waals surface area (Å²) in [6, 6.07) is -0.683. The van der Waals surface area contributed by atoms with Gasteiger partial charge in [0.15, 0.2) is 6.61 Å². The lowest BCUT2D eigenvalue weighted by molar-refractivity contribution is -0.143. The number of aromatic nitrogens is 2. The minimum absolute atomic E-state index is 0.110. The predicted molar refractivity (Wildman–Crippen MR) is 285 cm³/mol. The zero-order valence-corrected chi connectivity index (χ0v) is 44.8. The van der Waals surface area contributed by atoms with Gasteiger partial charge in [-0.15, -0.1) is 0 Å². The summed E-state index contributed by atoms with van der Waals surface area (Å²) in [5, 5.41) is 6.28. The van der Waals surface area contributed by atoms with E-state index in [4.69, 9.17) is 14.2 Å². The van der Waals surface area contributed by atoms with Gasteiger partial charge < -0.3 is 29.4 Å². The number of thioether (sulfide) groups is 3. The number of esters is 3. The molecule has 1 rings (SSSR count). The van der Waals surface area contributed by atoms with Crippen molar-refractivity contribution in [1.82, 2.24) is 20.2 Å². The van der Waals surface area contributed by atoms with Crippen LogP contribution in [0.4, 0.5) is 0 Å². The molecule has 388 valence electrons. The standard InChI is InChI=1S/C53H90N4O8S3/c1-4-7-10-13-16-17-20-25-39-64-51(60)32-44-67-42-30-48(53(62)55-34-26-36-57-37-35-54-46-57)56-49(58)28-22-21-27-47(68-45-33-52(61)65-40-24-19-15-12-9-6-3)29-41-66-43-31-50(59)63-38-23-18-14-11-8-5-2/h19,24,35,37,46-48H,4-18,21-23,26-34,36,38-45H2,1-3H3,(H,55,62)(H,56,58)/b24-19+. The molecule has 0 fully saturated rings. The molecule has 0 aliphatic rings. The SMILES string of the molecule is CCCCC/C=C/COC(=O)CCSC(CCCCC(=O)NC(CCSCCC(=O)OCC#CCCCCCCC)C(=O)NCCCn1ccnc1)CCSCCC(=O)OCCCCCCCC. The van der Waals surface area contributed by atoms with Crippen molar-refractivity contribution in [3.05, 3.63) is 30.9 Å². The van der Waals surface area contributed by atoms with E-state index in [9.17, 15) is 24.0 Å². The van der Waals surface area contributed by atoms with Crippen molar-refractivity contribution >= 4 is 65.0 Å². The van der Waals surface area contributed by atoms with Crippen LogP contribution in [0.3, 0.4) is 0 Å². The lowest BCUT2D eigenvalue weighted by Crippen LogP contribution is -2.47. The highest BCUT2D eigenvalue weighted by molar-refractivity contribution is 8.00. The van der Waals surface area contributed by atoms with Crippen LogP contribution in [-0.2, 0) is 44.7 Å². The quantitative estimate of drug-likeness (QED) is 0.0210. The van der Waals surface area contributed by atoms with Crippen LogP contribution >= 0.6 is 35.3 Å². The van der Waals surface area contributed by atoms with E-state index in [1.165, 1.54) is 64.2 Å². The molecular weight excluding hydrogens is 917 g/mol. The number of nitrogens with zero attached hydrogens (tertiary/aromatic N) is 2. The van der Waals surface area contributed by atoms with Crippen LogP contribution in [0.5, 0.6) is 0 Å². The Morgan fingerprint density at radius 1 is 0.647 bits per heavy atom. The van der Waals surface area contributed by atoms with E-state index >= 15 is 0 Å². The number of ether oxygens (including phenoxy) is 3. The molecule has 0 aliphatic heterocycles. The van der Waals surface area contributed by atoms with Crippen LogP contribution in [-0.4, -0.2) is 106 Å². The van der Waals surface area contributed by atoms with E-state index in [0.29, 0.717) is 80.1 Å². The second-order valence-electron chi connectivity index (χ2n) is 17.2. The van der Waals surface area contributed by atoms with Crippen molar-refractivity contribution in [2.75, 3.05) is 55.1 Å². The zero-order chi connectivity index (χ0) is 49.4. The van der Waals surface area contributed by atoms with E-state index < -0.39 is 6.04 Å². The minimum Gasteiger partial charge on any atom is -0.466 e. The molecule has 0 spiro atoms. The Bertz CT molecular complexity index is 1500. The van der Waals surface area contributed by atoms with Gasteiger partial charge in [-0.25, -0.2) is 4.98 Å². The lowest BCUT2D eigenvalue weighted by atomic mass is 10.1. The monoisotopic (exact) mass is 1010 g/mol. The van der Waals surface area contributed by atoms with Crippen molar-refractivity contribution in [1.29, 1.82) is 0 Å². The maximum atomic E-state index is 13.3. The van der Waals surface area contributed by atoms with E-state index in [-0.39, 0.29) is 42.7 Å². The molecule has 15 heteroatoms. The van der Waals surface area contributed by atoms with Gasteiger partial charge in [0.25, 0.3) is 0 Å². The number of allylic oxidation sites excluding steroid dienone is 1. The topological polar surface area (TPSA) is 155 Å². The van der Waals surface area contributed by atoms with Crippen molar-refractivity contribution < 1.29 is 38.2 Å². The number of rotatable bonds is 46. The summed E-state index contributed by atoms with van der Waals surface area (Å²) >= 11 is 5.08. The van der Waals surface area contributed by atoms with Gasteiger partial charge in [-0.05, 0) is 69.3 Å². The van der Waals surface area contributed by atoms with Crippen LogP contribution < -0.4 is 10.6 Å². The number of hydrogen-bond donors (Lipinski definition) is 2. The third-order valence-electron chi connectivity index (χ3n) is 11.1. The third-order valence-corrected chi connectivity index (χ3v) is 14.5. The molecule has 0 saturated heterocycles. The second kappa shape index (κ2) is 47.6. The van der Waals surface area contributed by atoms with Crippen molar-refractivity contribution in [3.63, 3.8) is 0 Å². The molecule has 2 N–H and O–H groups in total. The molecule has 0 aliphatic carbocycles. The first kappa shape index (κ1) is 62.9. The Morgan fingerprint density at radius 2 is 1.31 bits per heavy atom. The first-order valence-corrected chi connectivity index (χ1v) is 29.5. The van der Waals surface area contributed by atoms with E-state index in [0.717, 1.165) is 76.5 Å². The van der Waals surface area contributed by atoms with Gasteiger partial charge in [0, 0.05) is 60.8 Å². The molecule has 1 heterocycles. The second-order valence-corrected chi connectivity index (χ2v) is 21.0. The summed E-state index contributed by atoms with van der Waals surface area (Å²) < 4.78 is 18.1. The predicted octanol–water partition coefficient (Wildman–Crippen LogP) is 11.4. The maximum Gasteiger partial charge on any atom is 0.307 e. The molecule has 0 saturated carbocycles. The Labute approximate surface area is 424 Å². The molecule has 1 aromatic heterocycles. The fourth-order valence-corrected chi connectivity index (χ4v) is 10.2. The molecule has 2 unspecified atom stereocenters. The van der Waals surface area contributed by atoms with Crippen molar-refractivity contribution in [2.45, 2.75) is 206 Å². The molecule has 12 nitrogen and oxygen atoms in total. The largest absolute Gasteiger partial charge is 0.466 e. The highest BCUT2D eigenvalue weighted by Crippen LogP contribution is 2.24. The molecule has 2 amide bonds. The number of amides is 2. The van der Waals surface area contributed by atoms with Crippen LogP contribution in [0, 0.1) is 11.8 Å². The minimum atomic E-state index is -0.683. The molecular formula is C53H90N4O8S3. The number of carbonyl (C=O) groups excluding carboxylic acids is 5. The van der Waals surface area contributed by atoms with Crippen molar-refractivity contribution in [2.24, 2.45) is 0 Å². The Hall–Kier alpha value is -3.09. The van der Waals surface area contributed by atoms with E-state index in [1.54, 1.807) is 47.8 Å². The zero-order valence-electron chi connectivity index (χ0n) is 42.4. The smallest absolute Gasteiger partial charge is 0.307 e. The Kier molecular flexibility index (Phi) is 44.0. The fraction of sp³-hybridized carbons (Fsp3) is 0.774. The van der Waals surface area contributed by atoms with Gasteiger partial charge in [0.1, 0.15) is 12.6 Å². The first-order valence-electron chi connectivity index (χ1n) is 26.2. The number of unbranched alkanes of at least 4 members (excludes halogenated alkanes) is 14. The number of carbonyl (C=O) groups is 5. The van der Waals surface area contributed by atoms with Gasteiger partial charge in [-0.3, -0.25) is 24.0 Å². The summed E-state index contributed by atoms with van der Waals surface area (Å²) in [7, 11) is 0. The fourth-order valence-electron chi connectivity index (χ4n) is 6.96. The average Bonchev–Trinajstić information content (AvgIpc) is 3.86. The summed E-state index contributed by atoms with van der Waals surface area (Å²) in [5.74, 6) is 8.44. The number of imidazole rings is 1. The van der Waals surface area contributed by atoms with Gasteiger partial charge >= 0.3 is 17.9 Å². The molecule has 2 atom stereocenters. The van der Waals surface area contributed by atoms with Crippen molar-refractivity contribution in [3.8, 4) is 11.8 Å². The summed E-state index contributed by atoms with van der Waals surface area (Å²) in [5.41, 5.74) is 0. The van der Waals surface area contributed by atoms with Crippen LogP contribution in [0.25, 0.3) is 0 Å². The highest BCUT2D eigenvalue weighted by Gasteiger charge is 2.21. The molecule has 0 bridgehead atoms. The number of aryl methyl sites for hydroxylation is 1. The average molecular weight is 1010 g/mol. The summed E-state index contributed by atoms with van der Waals surface area (Å²) in [6.07, 6.45) is 33.4. The molecule has 1 aromatic rings. The van der Waals surface area contributed by atoms with E-state index in [2.05, 4.69) is 54.3 Å². The van der Waals surface area contributed by atoms with E-state index in [1.807, 2.05) is 16.8 Å². The number of nitrogens with one attached hydrogen (secondary N) is 2. The molecule has 0 aromatic carbocycles. The lowest BCUT2D eigenvalue weighted by Gasteiger charge is -2.19. The number of hydrogen-bond acceptors (Lipinski definition) is 12. The Morgan fingerprint density at radius 3 is 2.04 bits per heavy atom. The van der Waals surface area contributed by atoms with Gasteiger partial charge in [0.2, 0.25) is 11.8 Å². The van der Waals surface area contributed by atoms with Crippen LogP contribution in [0.1, 0.15) is 188 Å². The molecule has 68 heavy (non-hydrogen) atoms. The van der Waals surface area contributed by atoms with Crippen LogP contribution in [0.15, 0.2) is 30.9 Å². The first-order chi connectivity index (χ1) is 33.3. The maximum absolute atomic E-state index is 13.3. The third kappa shape index (κ3) is 40.8. The summed E-state index contributed by atoms with van der Waals surface area (Å²) in [6.45, 7) is 8.69. The highest BCUT2D eigenvalue weighted by atomic mass is 32.2. The normalized spacial score (nSPS) is 12.0. The van der Waals surface area contributed by atoms with Gasteiger partial charge in [-0.2, -0.15) is 35.3 Å². The Balaban J connectivity index is 2.61. The summed E-state index contributed by atoms with van der Waals surface area (Å²) in [4.78, 5) is 67.7. The van der Waals surface area contributed by atoms with Crippen LogP contribution in [0.2, 0.25) is 0 Å². The molecule has 0 radical (unpaired) electrons. The van der Waals surface area contributed by atoms with Gasteiger partial charge in [0.05, 0.1) is 32.2 Å².